The molecular weight excluding hydrogens is 352 g/mol. The molecule has 0 saturated heterocycles. The summed E-state index contributed by atoms with van der Waals surface area (Å²) in [5, 5.41) is 6.54. The van der Waals surface area contributed by atoms with Crippen LogP contribution >= 0.6 is 0 Å². The molecule has 0 radical (unpaired) electrons. The molecule has 0 amide bonds. The summed E-state index contributed by atoms with van der Waals surface area (Å²) >= 11 is 0. The van der Waals surface area contributed by atoms with Crippen LogP contribution in [0.4, 0.5) is 17.5 Å². The van der Waals surface area contributed by atoms with Gasteiger partial charge >= 0.3 is 5.97 Å². The van der Waals surface area contributed by atoms with E-state index in [1.165, 1.54) is 7.11 Å². The third-order valence-electron chi connectivity index (χ3n) is 3.88. The van der Waals surface area contributed by atoms with E-state index in [-0.39, 0.29) is 5.54 Å². The number of nitrogens with zero attached hydrogens (tertiary/aromatic N) is 2. The first-order valence-corrected chi connectivity index (χ1v) is 9.03. The van der Waals surface area contributed by atoms with Crippen molar-refractivity contribution in [2.24, 2.45) is 0 Å². The normalized spacial score (nSPS) is 11.0. The number of anilines is 3. The van der Waals surface area contributed by atoms with Crippen molar-refractivity contribution in [3.63, 3.8) is 0 Å². The number of hydrogen-bond acceptors (Lipinski definition) is 6. The Hall–Kier alpha value is -3.41. The second-order valence-corrected chi connectivity index (χ2v) is 7.37. The zero-order valence-corrected chi connectivity index (χ0v) is 16.5. The highest BCUT2D eigenvalue weighted by atomic mass is 16.5. The zero-order valence-electron chi connectivity index (χ0n) is 16.5. The Morgan fingerprint density at radius 2 is 1.64 bits per heavy atom. The number of methoxy groups -OCH3 is 1. The summed E-state index contributed by atoms with van der Waals surface area (Å²) in [4.78, 5) is 21.3. The third-order valence-corrected chi connectivity index (χ3v) is 3.88. The number of para-hydroxylation sites is 1. The first kappa shape index (κ1) is 19.4. The van der Waals surface area contributed by atoms with Crippen molar-refractivity contribution in [3.8, 4) is 11.3 Å². The maximum Gasteiger partial charge on any atom is 0.339 e. The van der Waals surface area contributed by atoms with Crippen LogP contribution < -0.4 is 10.6 Å². The highest BCUT2D eigenvalue weighted by Crippen LogP contribution is 2.26. The Labute approximate surface area is 165 Å². The maximum absolute atomic E-state index is 12.1. The van der Waals surface area contributed by atoms with Crippen molar-refractivity contribution in [2.75, 3.05) is 17.7 Å². The lowest BCUT2D eigenvalue weighted by molar-refractivity contribution is 0.0602. The quantitative estimate of drug-likeness (QED) is 0.618. The summed E-state index contributed by atoms with van der Waals surface area (Å²) in [5.41, 5.74) is 2.62. The van der Waals surface area contributed by atoms with E-state index in [4.69, 9.17) is 4.74 Å². The summed E-state index contributed by atoms with van der Waals surface area (Å²) in [6, 6.07) is 18.9. The second-order valence-electron chi connectivity index (χ2n) is 7.37. The average Bonchev–Trinajstić information content (AvgIpc) is 2.67. The van der Waals surface area contributed by atoms with E-state index in [2.05, 4.69) is 20.6 Å². The molecule has 0 aliphatic rings. The molecule has 1 heterocycles. The molecule has 0 bridgehead atoms. The van der Waals surface area contributed by atoms with Crippen molar-refractivity contribution in [1.29, 1.82) is 0 Å². The highest BCUT2D eigenvalue weighted by Gasteiger charge is 2.16. The first-order chi connectivity index (χ1) is 13.4. The van der Waals surface area contributed by atoms with Crippen LogP contribution in [0.5, 0.6) is 0 Å². The van der Waals surface area contributed by atoms with Gasteiger partial charge in [0.2, 0.25) is 5.95 Å². The molecule has 0 aliphatic carbocycles. The predicted octanol–water partition coefficient (Wildman–Crippen LogP) is 4.88. The minimum Gasteiger partial charge on any atom is -0.465 e. The second kappa shape index (κ2) is 8.08. The number of benzene rings is 2. The molecule has 6 heteroatoms. The number of hydrogen-bond donors (Lipinski definition) is 2. The highest BCUT2D eigenvalue weighted by molar-refractivity contribution is 5.96. The lowest BCUT2D eigenvalue weighted by Crippen LogP contribution is -2.27. The Balaban J connectivity index is 2.03. The Bertz CT molecular complexity index is 966. The van der Waals surface area contributed by atoms with Gasteiger partial charge in [0.15, 0.2) is 0 Å². The first-order valence-electron chi connectivity index (χ1n) is 9.03. The number of esters is 1. The van der Waals surface area contributed by atoms with E-state index in [0.29, 0.717) is 23.0 Å². The van der Waals surface area contributed by atoms with E-state index in [9.17, 15) is 4.79 Å². The van der Waals surface area contributed by atoms with Gasteiger partial charge in [0, 0.05) is 17.2 Å². The molecular formula is C22H24N4O2. The van der Waals surface area contributed by atoms with Crippen molar-refractivity contribution in [2.45, 2.75) is 26.3 Å². The largest absolute Gasteiger partial charge is 0.465 e. The number of rotatable bonds is 5. The Morgan fingerprint density at radius 3 is 2.32 bits per heavy atom. The fourth-order valence-corrected chi connectivity index (χ4v) is 2.68. The fraction of sp³-hybridized carbons (Fsp3) is 0.227. The molecule has 0 spiro atoms. The molecule has 3 aromatic rings. The Kier molecular flexibility index (Phi) is 5.59. The molecule has 0 fully saturated rings. The molecule has 0 saturated carbocycles. The molecule has 0 atom stereocenters. The van der Waals surface area contributed by atoms with Gasteiger partial charge in [0.1, 0.15) is 5.82 Å². The molecule has 0 aliphatic heterocycles. The van der Waals surface area contributed by atoms with Gasteiger partial charge in [-0.15, -0.1) is 0 Å². The summed E-state index contributed by atoms with van der Waals surface area (Å²) in [5.74, 6) is 0.678. The van der Waals surface area contributed by atoms with Gasteiger partial charge in [-0.3, -0.25) is 0 Å². The van der Waals surface area contributed by atoms with Gasteiger partial charge in [-0.05, 0) is 32.9 Å². The molecule has 0 unspecified atom stereocenters. The van der Waals surface area contributed by atoms with Crippen molar-refractivity contribution in [3.05, 3.63) is 66.2 Å². The van der Waals surface area contributed by atoms with Crippen molar-refractivity contribution >= 4 is 23.4 Å². The molecule has 2 aromatic carbocycles. The van der Waals surface area contributed by atoms with Gasteiger partial charge in [-0.1, -0.05) is 42.5 Å². The molecule has 3 rings (SSSR count). The number of ether oxygens (including phenoxy) is 1. The lowest BCUT2D eigenvalue weighted by Gasteiger charge is -2.21. The van der Waals surface area contributed by atoms with Crippen LogP contribution in [-0.4, -0.2) is 28.6 Å². The Morgan fingerprint density at radius 1 is 0.964 bits per heavy atom. The number of nitrogens with one attached hydrogen (secondary N) is 2. The van der Waals surface area contributed by atoms with Crippen LogP contribution in [-0.2, 0) is 4.74 Å². The van der Waals surface area contributed by atoms with Crippen LogP contribution in [0.15, 0.2) is 60.7 Å². The maximum atomic E-state index is 12.1. The zero-order chi connectivity index (χ0) is 20.1. The smallest absolute Gasteiger partial charge is 0.339 e. The molecule has 6 nitrogen and oxygen atoms in total. The van der Waals surface area contributed by atoms with Gasteiger partial charge in [-0.2, -0.15) is 4.98 Å². The molecule has 2 N–H and O–H groups in total. The number of carbonyl (C=O) groups excluding carboxylic acids is 1. The molecule has 144 valence electrons. The van der Waals surface area contributed by atoms with Crippen LogP contribution in [0, 0.1) is 0 Å². The van der Waals surface area contributed by atoms with E-state index >= 15 is 0 Å². The summed E-state index contributed by atoms with van der Waals surface area (Å²) in [7, 11) is 1.36. The third kappa shape index (κ3) is 4.85. The summed E-state index contributed by atoms with van der Waals surface area (Å²) < 4.78 is 4.87. The summed E-state index contributed by atoms with van der Waals surface area (Å²) in [6.45, 7) is 6.14. The van der Waals surface area contributed by atoms with Gasteiger partial charge in [0.25, 0.3) is 0 Å². The van der Waals surface area contributed by atoms with Gasteiger partial charge < -0.3 is 15.4 Å². The van der Waals surface area contributed by atoms with Gasteiger partial charge in [0.05, 0.1) is 24.1 Å². The van der Waals surface area contributed by atoms with Gasteiger partial charge in [-0.25, -0.2) is 9.78 Å². The van der Waals surface area contributed by atoms with Crippen LogP contribution in [0.3, 0.4) is 0 Å². The van der Waals surface area contributed by atoms with Crippen LogP contribution in [0.1, 0.15) is 31.1 Å². The monoisotopic (exact) mass is 376 g/mol. The van der Waals surface area contributed by atoms with E-state index < -0.39 is 5.97 Å². The van der Waals surface area contributed by atoms with Crippen LogP contribution in [0.2, 0.25) is 0 Å². The number of carbonyl (C=O) groups is 1. The number of aromatic nitrogens is 2. The fourth-order valence-electron chi connectivity index (χ4n) is 2.68. The minimum atomic E-state index is -0.409. The van der Waals surface area contributed by atoms with E-state index in [1.807, 2.05) is 69.3 Å². The minimum absolute atomic E-state index is 0.198. The van der Waals surface area contributed by atoms with E-state index in [1.54, 1.807) is 12.1 Å². The molecule has 1 aromatic heterocycles. The predicted molar refractivity (Wildman–Crippen MR) is 112 cm³/mol. The standard InChI is InChI=1S/C22H24N4O2/c1-22(2,3)26-21-24-18(15-10-6-5-7-11-15)14-19(25-21)23-17-13-9-8-12-16(17)20(27)28-4/h5-14H,1-4H3,(H2,23,24,25,26). The lowest BCUT2D eigenvalue weighted by atomic mass is 10.1. The van der Waals surface area contributed by atoms with E-state index in [0.717, 1.165) is 11.3 Å². The SMILES string of the molecule is COC(=O)c1ccccc1Nc1cc(-c2ccccc2)nc(NC(C)(C)C)n1. The topological polar surface area (TPSA) is 76.1 Å². The average molecular weight is 376 g/mol. The van der Waals surface area contributed by atoms with Crippen molar-refractivity contribution < 1.29 is 9.53 Å². The summed E-state index contributed by atoms with van der Waals surface area (Å²) in [6.07, 6.45) is 0. The van der Waals surface area contributed by atoms with Crippen molar-refractivity contribution in [1.82, 2.24) is 9.97 Å². The molecule has 28 heavy (non-hydrogen) atoms. The van der Waals surface area contributed by atoms with Crippen LogP contribution in [0.25, 0.3) is 11.3 Å².